The lowest BCUT2D eigenvalue weighted by Gasteiger charge is -2.50. The van der Waals surface area contributed by atoms with Crippen molar-refractivity contribution in [2.45, 2.75) is 30.0 Å². The summed E-state index contributed by atoms with van der Waals surface area (Å²) >= 11 is 14.7. The van der Waals surface area contributed by atoms with Crippen LogP contribution in [0, 0.1) is 0 Å². The molecule has 2 atom stereocenters. The zero-order valence-corrected chi connectivity index (χ0v) is 19.4. The van der Waals surface area contributed by atoms with Crippen LogP contribution < -0.4 is 11.1 Å². The summed E-state index contributed by atoms with van der Waals surface area (Å²) in [6.07, 6.45) is 0.692. The third-order valence-corrected chi connectivity index (χ3v) is 7.99. The number of thioether (sulfide) groups is 1. The van der Waals surface area contributed by atoms with Gasteiger partial charge < -0.3 is 21.4 Å². The van der Waals surface area contributed by atoms with Gasteiger partial charge in [-0.25, -0.2) is 9.78 Å². The Bertz CT molecular complexity index is 1200. The fraction of sp³-hybridized carbons (Fsp3) is 0.267. The van der Waals surface area contributed by atoms with Crippen LogP contribution in [0.25, 0.3) is 0 Å². The Morgan fingerprint density at radius 2 is 2.09 bits per heavy atom. The van der Waals surface area contributed by atoms with Gasteiger partial charge in [-0.1, -0.05) is 51.5 Å². The number of amides is 2. The molecule has 12 nitrogen and oxygen atoms in total. The molecular formula is C15H11Cl2N7O5S3. The average Bonchev–Trinajstić information content (AvgIpc) is 3.30. The summed E-state index contributed by atoms with van der Waals surface area (Å²) in [5.41, 5.74) is 4.71. The van der Waals surface area contributed by atoms with E-state index in [1.807, 2.05) is 0 Å². The zero-order chi connectivity index (χ0) is 23.2. The fourth-order valence-electron chi connectivity index (χ4n) is 3.35. The molecule has 0 radical (unpaired) electrons. The molecule has 2 aliphatic rings. The van der Waals surface area contributed by atoms with Crippen LogP contribution in [0.3, 0.4) is 0 Å². The van der Waals surface area contributed by atoms with Crippen LogP contribution in [0.5, 0.6) is 0 Å². The molecule has 2 amide bonds. The molecule has 5 N–H and O–H groups in total. The number of hydrogen-bond acceptors (Lipinski definition) is 12. The Morgan fingerprint density at radius 1 is 1.34 bits per heavy atom. The van der Waals surface area contributed by atoms with E-state index in [1.54, 1.807) is 0 Å². The number of aliphatic carboxylic acids is 1. The summed E-state index contributed by atoms with van der Waals surface area (Å²) in [4.78, 5) is 42.7. The smallest absolute Gasteiger partial charge is 0.353 e. The number of nitrogens with one attached hydrogen (secondary N) is 1. The molecule has 1 fully saturated rings. The molecule has 168 valence electrons. The maximum absolute atomic E-state index is 12.8. The van der Waals surface area contributed by atoms with E-state index in [9.17, 15) is 24.7 Å². The van der Waals surface area contributed by atoms with E-state index in [2.05, 4.69) is 24.2 Å². The molecule has 0 spiro atoms. The molecule has 2 aromatic rings. The Balaban J connectivity index is 1.54. The molecule has 17 heteroatoms. The van der Waals surface area contributed by atoms with E-state index in [1.165, 1.54) is 0 Å². The first-order valence-corrected chi connectivity index (χ1v) is 11.7. The molecule has 0 aliphatic carbocycles. The number of aromatic nitrogens is 3. The Morgan fingerprint density at radius 3 is 2.66 bits per heavy atom. The van der Waals surface area contributed by atoms with Gasteiger partial charge in [-0.15, -0.1) is 0 Å². The Hall–Kier alpha value is -2.46. The Labute approximate surface area is 201 Å². The first-order valence-electron chi connectivity index (χ1n) is 8.63. The topological polar surface area (TPSA) is 184 Å². The number of halogens is 2. The summed E-state index contributed by atoms with van der Waals surface area (Å²) < 4.78 is 7.90. The van der Waals surface area contributed by atoms with Crippen molar-refractivity contribution in [1.82, 2.24) is 23.9 Å². The maximum atomic E-state index is 12.8. The molecule has 4 rings (SSSR count). The van der Waals surface area contributed by atoms with Gasteiger partial charge in [-0.3, -0.25) is 14.5 Å². The van der Waals surface area contributed by atoms with Gasteiger partial charge in [-0.2, -0.15) is 8.75 Å². The van der Waals surface area contributed by atoms with Crippen molar-refractivity contribution >= 4 is 86.7 Å². The standard InChI is InChI=1S/C15H11Cl2N7O5S3/c16-9-12(23-32-22-9)30-4-2-1-3-5(13(26)24(3)8(4)14(27)28)19-11(25)7(21-29)6-10(17)31-15(18)20-6/h3,5,29H,1-2H2,(H2,18,20)(H,19,25)(H,27,28)/b21-7-/t3-,5?/m1/s1. The molecule has 0 aromatic carbocycles. The van der Waals surface area contributed by atoms with Crippen LogP contribution in [-0.4, -0.2) is 64.5 Å². The predicted molar refractivity (Wildman–Crippen MR) is 117 cm³/mol. The quantitative estimate of drug-likeness (QED) is 0.183. The third-order valence-electron chi connectivity index (χ3n) is 4.66. The highest BCUT2D eigenvalue weighted by Crippen LogP contribution is 2.44. The van der Waals surface area contributed by atoms with E-state index < -0.39 is 35.6 Å². The number of thiazole rings is 1. The normalized spacial score (nSPS) is 20.8. The number of hydrogen-bond donors (Lipinski definition) is 4. The van der Waals surface area contributed by atoms with Crippen molar-refractivity contribution in [3.63, 3.8) is 0 Å². The summed E-state index contributed by atoms with van der Waals surface area (Å²) in [5, 5.41) is 24.9. The zero-order valence-electron chi connectivity index (χ0n) is 15.5. The van der Waals surface area contributed by atoms with Crippen LogP contribution in [0.4, 0.5) is 5.13 Å². The number of carboxylic acids is 1. The lowest BCUT2D eigenvalue weighted by Crippen LogP contribution is -2.72. The minimum Gasteiger partial charge on any atom is -0.477 e. The average molecular weight is 536 g/mol. The molecule has 4 heterocycles. The van der Waals surface area contributed by atoms with Gasteiger partial charge in [0.25, 0.3) is 11.8 Å². The second-order valence-electron chi connectivity index (χ2n) is 6.43. The number of carboxylic acid groups (broad SMARTS) is 1. The van der Waals surface area contributed by atoms with Crippen LogP contribution in [0.1, 0.15) is 18.5 Å². The van der Waals surface area contributed by atoms with Gasteiger partial charge in [-0.05, 0) is 12.8 Å². The molecule has 32 heavy (non-hydrogen) atoms. The molecule has 0 bridgehead atoms. The maximum Gasteiger partial charge on any atom is 0.353 e. The SMILES string of the molecule is Nc1nc(/C(=N/O)C(=O)NC2C(=O)N3C(C(=O)O)=C(Sc4nsnc4Cl)CC[C@H]23)c(Cl)s1. The van der Waals surface area contributed by atoms with Gasteiger partial charge in [0.05, 0.1) is 17.8 Å². The monoisotopic (exact) mass is 535 g/mol. The second-order valence-corrected chi connectivity index (χ2v) is 10.0. The van der Waals surface area contributed by atoms with Crippen molar-refractivity contribution in [3.05, 3.63) is 25.8 Å². The first-order chi connectivity index (χ1) is 15.2. The molecule has 0 saturated carbocycles. The second kappa shape index (κ2) is 8.82. The van der Waals surface area contributed by atoms with E-state index in [0.29, 0.717) is 22.8 Å². The number of β-lactam (4-membered cyclic amide) rings is 1. The van der Waals surface area contributed by atoms with Crippen molar-refractivity contribution in [2.75, 3.05) is 5.73 Å². The highest BCUT2D eigenvalue weighted by atomic mass is 35.5. The minimum absolute atomic E-state index is 0.0395. The van der Waals surface area contributed by atoms with E-state index >= 15 is 0 Å². The van der Waals surface area contributed by atoms with E-state index in [-0.39, 0.29) is 26.0 Å². The van der Waals surface area contributed by atoms with Crippen LogP contribution in [0.2, 0.25) is 9.49 Å². The summed E-state index contributed by atoms with van der Waals surface area (Å²) in [5.74, 6) is -2.82. The predicted octanol–water partition coefficient (Wildman–Crippen LogP) is 1.64. The van der Waals surface area contributed by atoms with Crippen molar-refractivity contribution in [2.24, 2.45) is 5.16 Å². The summed E-state index contributed by atoms with van der Waals surface area (Å²) in [6.45, 7) is 0. The van der Waals surface area contributed by atoms with Crippen molar-refractivity contribution in [3.8, 4) is 0 Å². The van der Waals surface area contributed by atoms with Gasteiger partial charge in [0.15, 0.2) is 21.0 Å². The number of rotatable bonds is 6. The Kier molecular flexibility index (Phi) is 6.26. The third kappa shape index (κ3) is 3.90. The lowest BCUT2D eigenvalue weighted by molar-refractivity contribution is -0.155. The minimum atomic E-state index is -1.29. The molecule has 2 aliphatic heterocycles. The summed E-state index contributed by atoms with van der Waals surface area (Å²) in [7, 11) is 0. The summed E-state index contributed by atoms with van der Waals surface area (Å²) in [6, 6.07) is -1.61. The highest BCUT2D eigenvalue weighted by molar-refractivity contribution is 8.03. The molecule has 1 saturated heterocycles. The van der Waals surface area contributed by atoms with Crippen LogP contribution >= 0.6 is 58.0 Å². The van der Waals surface area contributed by atoms with Crippen molar-refractivity contribution in [1.29, 1.82) is 0 Å². The molecule has 1 unspecified atom stereocenters. The van der Waals surface area contributed by atoms with Gasteiger partial charge in [0.2, 0.25) is 0 Å². The first kappa shape index (κ1) is 22.7. The number of nitrogen functional groups attached to an aromatic ring is 1. The number of carbonyl (C=O) groups excluding carboxylic acids is 2. The van der Waals surface area contributed by atoms with Crippen LogP contribution in [0.15, 0.2) is 20.8 Å². The highest BCUT2D eigenvalue weighted by Gasteiger charge is 2.54. The van der Waals surface area contributed by atoms with Crippen molar-refractivity contribution < 1.29 is 24.7 Å². The number of fused-ring (bicyclic) bond motifs is 1. The van der Waals surface area contributed by atoms with E-state index in [0.717, 1.165) is 39.7 Å². The number of anilines is 1. The van der Waals surface area contributed by atoms with Crippen LogP contribution in [-0.2, 0) is 14.4 Å². The fourth-order valence-corrected chi connectivity index (χ4v) is 6.11. The van der Waals surface area contributed by atoms with E-state index in [4.69, 9.17) is 28.9 Å². The van der Waals surface area contributed by atoms with Gasteiger partial charge >= 0.3 is 5.97 Å². The number of carbonyl (C=O) groups is 3. The number of nitrogens with zero attached hydrogens (tertiary/aromatic N) is 5. The van der Waals surface area contributed by atoms with Gasteiger partial charge in [0, 0.05) is 4.91 Å². The number of nitrogens with two attached hydrogens (primary N) is 1. The largest absolute Gasteiger partial charge is 0.477 e. The number of oxime groups is 1. The molecular weight excluding hydrogens is 525 g/mol. The molecule has 2 aromatic heterocycles. The van der Waals surface area contributed by atoms with Gasteiger partial charge in [0.1, 0.15) is 21.8 Å². The lowest BCUT2D eigenvalue weighted by atomic mass is 9.86. The number of allylic oxidation sites excluding steroid dienone is 1.